The number of nitrogens with zero attached hydrogens (tertiary/aromatic N) is 5. The summed E-state index contributed by atoms with van der Waals surface area (Å²) in [5, 5.41) is 10.3. The first kappa shape index (κ1) is 22.0. The van der Waals surface area contributed by atoms with Crippen molar-refractivity contribution in [2.75, 3.05) is 0 Å². The van der Waals surface area contributed by atoms with Gasteiger partial charge in [0.25, 0.3) is 5.91 Å². The number of carbonyl (C=O) groups excluding carboxylic acids is 1. The van der Waals surface area contributed by atoms with Crippen LogP contribution in [0.5, 0.6) is 0 Å². The van der Waals surface area contributed by atoms with Gasteiger partial charge in [-0.2, -0.15) is 5.10 Å². The lowest BCUT2D eigenvalue weighted by molar-refractivity contribution is 0.0953. The average Bonchev–Trinajstić information content (AvgIpc) is 3.47. The van der Waals surface area contributed by atoms with E-state index in [1.54, 1.807) is 30.4 Å². The van der Waals surface area contributed by atoms with Crippen LogP contribution >= 0.6 is 22.7 Å². The highest BCUT2D eigenvalue weighted by molar-refractivity contribution is 7.16. The molecule has 4 aromatic rings. The van der Waals surface area contributed by atoms with Gasteiger partial charge < -0.3 is 5.32 Å². The number of aromatic nitrogens is 5. The first-order valence-electron chi connectivity index (χ1n) is 9.91. The van der Waals surface area contributed by atoms with Gasteiger partial charge in [-0.3, -0.25) is 4.79 Å². The van der Waals surface area contributed by atoms with E-state index in [1.807, 2.05) is 5.38 Å². The van der Waals surface area contributed by atoms with Crippen LogP contribution in [0.4, 0.5) is 4.39 Å². The zero-order chi connectivity index (χ0) is 22.8. The van der Waals surface area contributed by atoms with E-state index in [0.717, 1.165) is 27.6 Å². The fourth-order valence-electron chi connectivity index (χ4n) is 2.96. The molecule has 0 saturated heterocycles. The van der Waals surface area contributed by atoms with Crippen molar-refractivity contribution in [2.45, 2.75) is 39.8 Å². The lowest BCUT2D eigenvalue weighted by Crippen LogP contribution is -2.24. The minimum absolute atomic E-state index is 0.204. The molecule has 0 fully saturated rings. The van der Waals surface area contributed by atoms with E-state index in [9.17, 15) is 14.0 Å². The van der Waals surface area contributed by atoms with E-state index in [4.69, 9.17) is 0 Å². The van der Waals surface area contributed by atoms with Crippen molar-refractivity contribution in [1.29, 1.82) is 0 Å². The van der Waals surface area contributed by atoms with Gasteiger partial charge in [0.05, 0.1) is 29.5 Å². The van der Waals surface area contributed by atoms with E-state index in [1.165, 1.54) is 27.7 Å². The molecule has 0 radical (unpaired) electrons. The Morgan fingerprint density at radius 1 is 1.22 bits per heavy atom. The van der Waals surface area contributed by atoms with Gasteiger partial charge in [-0.15, -0.1) is 11.3 Å². The molecule has 8 nitrogen and oxygen atoms in total. The second-order valence-corrected chi connectivity index (χ2v) is 9.36. The maximum atomic E-state index is 13.1. The molecule has 1 aromatic carbocycles. The van der Waals surface area contributed by atoms with Crippen molar-refractivity contribution >= 4 is 28.6 Å². The molecular formula is C21H21FN6O2S2. The van der Waals surface area contributed by atoms with Crippen LogP contribution in [0.1, 0.15) is 51.4 Å². The fraction of sp³-hybridized carbons (Fsp3) is 0.286. The van der Waals surface area contributed by atoms with E-state index in [2.05, 4.69) is 34.2 Å². The Kier molecular flexibility index (Phi) is 6.28. The van der Waals surface area contributed by atoms with Crippen molar-refractivity contribution in [3.8, 4) is 5.13 Å². The summed E-state index contributed by atoms with van der Waals surface area (Å²) < 4.78 is 15.7. The molecule has 32 heavy (non-hydrogen) atoms. The summed E-state index contributed by atoms with van der Waals surface area (Å²) in [4.78, 5) is 34.8. The van der Waals surface area contributed by atoms with E-state index in [0.29, 0.717) is 28.2 Å². The Bertz CT molecular complexity index is 1300. The minimum atomic E-state index is -0.390. The number of nitrogens with one attached hydrogen (secondary N) is 1. The van der Waals surface area contributed by atoms with Gasteiger partial charge in [0.1, 0.15) is 17.0 Å². The molecule has 4 rings (SSSR count). The van der Waals surface area contributed by atoms with Crippen molar-refractivity contribution in [2.24, 2.45) is 0 Å². The fourth-order valence-corrected chi connectivity index (χ4v) is 4.74. The van der Waals surface area contributed by atoms with Gasteiger partial charge in [0, 0.05) is 11.3 Å². The predicted molar refractivity (Wildman–Crippen MR) is 121 cm³/mol. The summed E-state index contributed by atoms with van der Waals surface area (Å²) >= 11 is 2.70. The highest BCUT2D eigenvalue weighted by Gasteiger charge is 2.19. The lowest BCUT2D eigenvalue weighted by Gasteiger charge is -2.02. The Hall–Kier alpha value is -3.18. The molecular weight excluding hydrogens is 451 g/mol. The highest BCUT2D eigenvalue weighted by Crippen LogP contribution is 2.22. The molecule has 1 N–H and O–H groups in total. The third-order valence-electron chi connectivity index (χ3n) is 4.67. The molecule has 0 unspecified atom stereocenters. The third kappa shape index (κ3) is 4.68. The molecule has 1 amide bonds. The smallest absolute Gasteiger partial charge is 0.346 e. The number of benzene rings is 1. The number of aryl methyl sites for hydroxylation is 1. The Labute approximate surface area is 191 Å². The monoisotopic (exact) mass is 472 g/mol. The molecule has 166 valence electrons. The van der Waals surface area contributed by atoms with Crippen LogP contribution in [0.15, 0.2) is 40.8 Å². The van der Waals surface area contributed by atoms with Crippen LogP contribution in [0.25, 0.3) is 5.13 Å². The third-order valence-corrected chi connectivity index (χ3v) is 7.02. The van der Waals surface area contributed by atoms with Crippen LogP contribution in [-0.4, -0.2) is 30.2 Å². The van der Waals surface area contributed by atoms with Crippen LogP contribution in [0.3, 0.4) is 0 Å². The van der Waals surface area contributed by atoms with E-state index < -0.39 is 5.69 Å². The summed E-state index contributed by atoms with van der Waals surface area (Å²) in [5.74, 6) is -0.263. The summed E-state index contributed by atoms with van der Waals surface area (Å²) in [6.07, 6.45) is 1.37. The SMILES string of the molecule is Cc1nc(-n2cnn(Cc3ccc(F)cc3)c2=O)sc1C(=O)NCc1csc(C(C)C)n1. The van der Waals surface area contributed by atoms with E-state index >= 15 is 0 Å². The molecule has 0 aliphatic rings. The van der Waals surface area contributed by atoms with Gasteiger partial charge in [-0.25, -0.2) is 28.4 Å². The quantitative estimate of drug-likeness (QED) is 0.444. The highest BCUT2D eigenvalue weighted by atomic mass is 32.1. The van der Waals surface area contributed by atoms with Gasteiger partial charge in [0.15, 0.2) is 5.13 Å². The molecule has 0 aliphatic carbocycles. The number of carbonyl (C=O) groups is 1. The summed E-state index contributed by atoms with van der Waals surface area (Å²) in [7, 11) is 0. The maximum absolute atomic E-state index is 13.1. The second-order valence-electron chi connectivity index (χ2n) is 7.49. The van der Waals surface area contributed by atoms with Gasteiger partial charge in [0.2, 0.25) is 0 Å². The zero-order valence-electron chi connectivity index (χ0n) is 17.7. The number of rotatable bonds is 7. The normalized spacial score (nSPS) is 11.3. The summed E-state index contributed by atoms with van der Waals surface area (Å²) in [6, 6.07) is 5.87. The molecule has 0 bridgehead atoms. The number of amides is 1. The lowest BCUT2D eigenvalue weighted by atomic mass is 10.2. The maximum Gasteiger partial charge on any atom is 0.352 e. The number of hydrogen-bond donors (Lipinski definition) is 1. The first-order valence-corrected chi connectivity index (χ1v) is 11.6. The summed E-state index contributed by atoms with van der Waals surface area (Å²) in [5.41, 5.74) is 1.70. The zero-order valence-corrected chi connectivity index (χ0v) is 19.3. The second kappa shape index (κ2) is 9.13. The number of thiazole rings is 2. The van der Waals surface area contributed by atoms with Crippen LogP contribution in [0, 0.1) is 12.7 Å². The first-order chi connectivity index (χ1) is 15.3. The van der Waals surface area contributed by atoms with Crippen molar-refractivity contribution in [1.82, 2.24) is 29.6 Å². The molecule has 0 saturated carbocycles. The molecule has 11 heteroatoms. The Balaban J connectivity index is 1.48. The standard InChI is InChI=1S/C21H21FN6O2S2/c1-12(2)19-26-16(10-31-19)8-23-18(29)17-13(3)25-20(32-17)27-11-24-28(21(27)30)9-14-4-6-15(22)7-5-14/h4-7,10-12H,8-9H2,1-3H3,(H,23,29). The van der Waals surface area contributed by atoms with Crippen molar-refractivity contribution < 1.29 is 9.18 Å². The molecule has 0 aliphatic heterocycles. The molecule has 3 aromatic heterocycles. The van der Waals surface area contributed by atoms with Gasteiger partial charge in [-0.05, 0) is 24.6 Å². The van der Waals surface area contributed by atoms with E-state index in [-0.39, 0.29) is 18.3 Å². The summed E-state index contributed by atoms with van der Waals surface area (Å²) in [6.45, 7) is 6.41. The average molecular weight is 473 g/mol. The largest absolute Gasteiger partial charge is 0.352 e. The molecule has 3 heterocycles. The number of halogens is 1. The van der Waals surface area contributed by atoms with Crippen molar-refractivity contribution in [3.05, 3.63) is 79.1 Å². The Morgan fingerprint density at radius 2 is 1.97 bits per heavy atom. The van der Waals surface area contributed by atoms with Crippen LogP contribution < -0.4 is 11.0 Å². The minimum Gasteiger partial charge on any atom is -0.346 e. The topological polar surface area (TPSA) is 94.7 Å². The Morgan fingerprint density at radius 3 is 2.66 bits per heavy atom. The van der Waals surface area contributed by atoms with Gasteiger partial charge >= 0.3 is 5.69 Å². The van der Waals surface area contributed by atoms with Crippen LogP contribution in [0.2, 0.25) is 0 Å². The van der Waals surface area contributed by atoms with Crippen molar-refractivity contribution in [3.63, 3.8) is 0 Å². The molecule has 0 atom stereocenters. The van der Waals surface area contributed by atoms with Gasteiger partial charge in [-0.1, -0.05) is 37.3 Å². The van der Waals surface area contributed by atoms with Crippen LogP contribution in [-0.2, 0) is 13.1 Å². The molecule has 0 spiro atoms. The predicted octanol–water partition coefficient (Wildman–Crippen LogP) is 3.50. The number of hydrogen-bond acceptors (Lipinski definition) is 7.